The lowest BCUT2D eigenvalue weighted by molar-refractivity contribution is -0.115. The number of hydrogen-bond acceptors (Lipinski definition) is 5. The van der Waals surface area contributed by atoms with Gasteiger partial charge in [-0.15, -0.1) is 0 Å². The Balaban J connectivity index is 1.30. The van der Waals surface area contributed by atoms with Gasteiger partial charge in [-0.25, -0.2) is 0 Å². The zero-order valence-electron chi connectivity index (χ0n) is 17.0. The van der Waals surface area contributed by atoms with Gasteiger partial charge < -0.3 is 19.7 Å². The Morgan fingerprint density at radius 3 is 2.41 bits per heavy atom. The van der Waals surface area contributed by atoms with Crippen molar-refractivity contribution >= 4 is 17.3 Å². The molecule has 154 valence electrons. The van der Waals surface area contributed by atoms with Gasteiger partial charge in [0.05, 0.1) is 6.42 Å². The molecule has 2 aromatic carbocycles. The second kappa shape index (κ2) is 9.18. The van der Waals surface area contributed by atoms with Crippen LogP contribution in [0.4, 0.5) is 11.4 Å². The number of carbonyl (C=O) groups excluding carboxylic acids is 1. The number of rotatable bonds is 6. The van der Waals surface area contributed by atoms with E-state index in [4.69, 9.17) is 9.47 Å². The fourth-order valence-corrected chi connectivity index (χ4v) is 3.89. The predicted molar refractivity (Wildman–Crippen MR) is 115 cm³/mol. The first-order valence-electron chi connectivity index (χ1n) is 10.5. The van der Waals surface area contributed by atoms with Gasteiger partial charge in [0, 0.05) is 37.6 Å². The smallest absolute Gasteiger partial charge is 0.228 e. The Labute approximate surface area is 172 Å². The van der Waals surface area contributed by atoms with Crippen LogP contribution in [0.15, 0.2) is 42.5 Å². The van der Waals surface area contributed by atoms with E-state index < -0.39 is 0 Å². The van der Waals surface area contributed by atoms with Crippen molar-refractivity contribution in [3.63, 3.8) is 0 Å². The predicted octanol–water partition coefficient (Wildman–Crippen LogP) is 3.17. The van der Waals surface area contributed by atoms with Gasteiger partial charge in [-0.3, -0.25) is 9.69 Å². The van der Waals surface area contributed by atoms with Crippen LogP contribution in [-0.2, 0) is 11.2 Å². The normalized spacial score (nSPS) is 16.5. The zero-order valence-corrected chi connectivity index (χ0v) is 17.0. The number of anilines is 2. The van der Waals surface area contributed by atoms with E-state index in [9.17, 15) is 4.79 Å². The second-order valence-electron chi connectivity index (χ2n) is 7.58. The number of hydrogen-bond donors (Lipinski definition) is 1. The lowest BCUT2D eigenvalue weighted by Gasteiger charge is -2.36. The monoisotopic (exact) mass is 395 g/mol. The molecule has 2 heterocycles. The van der Waals surface area contributed by atoms with Crippen LogP contribution in [-0.4, -0.2) is 56.7 Å². The first-order chi connectivity index (χ1) is 14.2. The molecule has 0 bridgehead atoms. The lowest BCUT2D eigenvalue weighted by Crippen LogP contribution is -2.46. The van der Waals surface area contributed by atoms with Crippen LogP contribution in [0, 0.1) is 0 Å². The van der Waals surface area contributed by atoms with E-state index >= 15 is 0 Å². The van der Waals surface area contributed by atoms with Crippen molar-refractivity contribution in [2.45, 2.75) is 19.8 Å². The van der Waals surface area contributed by atoms with Crippen LogP contribution >= 0.6 is 0 Å². The maximum atomic E-state index is 12.4. The summed E-state index contributed by atoms with van der Waals surface area (Å²) in [5, 5.41) is 2.99. The molecular weight excluding hydrogens is 366 g/mol. The molecule has 0 saturated carbocycles. The van der Waals surface area contributed by atoms with Crippen molar-refractivity contribution in [1.29, 1.82) is 0 Å². The van der Waals surface area contributed by atoms with Crippen LogP contribution in [0.5, 0.6) is 11.5 Å². The Morgan fingerprint density at radius 2 is 1.69 bits per heavy atom. The van der Waals surface area contributed by atoms with Crippen LogP contribution in [0.2, 0.25) is 0 Å². The molecule has 4 rings (SSSR count). The van der Waals surface area contributed by atoms with Crippen molar-refractivity contribution in [2.24, 2.45) is 0 Å². The summed E-state index contributed by atoms with van der Waals surface area (Å²) in [5.74, 6) is 1.42. The maximum absolute atomic E-state index is 12.4. The molecule has 6 nitrogen and oxygen atoms in total. The quantitative estimate of drug-likeness (QED) is 0.814. The summed E-state index contributed by atoms with van der Waals surface area (Å²) in [6.45, 7) is 8.85. The summed E-state index contributed by atoms with van der Waals surface area (Å²) < 4.78 is 11.1. The summed E-state index contributed by atoms with van der Waals surface area (Å²) in [5.41, 5.74) is 2.94. The zero-order chi connectivity index (χ0) is 20.1. The van der Waals surface area contributed by atoms with Crippen molar-refractivity contribution in [3.05, 3.63) is 48.0 Å². The maximum Gasteiger partial charge on any atom is 0.228 e. The molecule has 2 aromatic rings. The number of piperazine rings is 1. The van der Waals surface area contributed by atoms with Crippen molar-refractivity contribution < 1.29 is 14.3 Å². The molecule has 1 amide bonds. The van der Waals surface area contributed by atoms with Gasteiger partial charge in [-0.2, -0.15) is 0 Å². The highest BCUT2D eigenvalue weighted by Gasteiger charge is 2.17. The molecule has 0 atom stereocenters. The van der Waals surface area contributed by atoms with E-state index in [0.717, 1.165) is 43.2 Å². The number of nitrogens with zero attached hydrogens (tertiary/aromatic N) is 2. The van der Waals surface area contributed by atoms with E-state index in [2.05, 4.69) is 34.2 Å². The first kappa shape index (κ1) is 19.6. The fraction of sp³-hybridized carbons (Fsp3) is 0.435. The topological polar surface area (TPSA) is 54.0 Å². The summed E-state index contributed by atoms with van der Waals surface area (Å²) >= 11 is 0. The van der Waals surface area contributed by atoms with E-state index in [1.165, 1.54) is 18.7 Å². The molecule has 2 aliphatic heterocycles. The Kier molecular flexibility index (Phi) is 6.20. The molecule has 1 N–H and O–H groups in total. The number of carbonyl (C=O) groups is 1. The molecule has 1 fully saturated rings. The molecule has 0 unspecified atom stereocenters. The summed E-state index contributed by atoms with van der Waals surface area (Å²) in [6.07, 6.45) is 1.51. The molecule has 6 heteroatoms. The minimum Gasteiger partial charge on any atom is -0.486 e. The Bertz CT molecular complexity index is 830. The van der Waals surface area contributed by atoms with E-state index in [0.29, 0.717) is 25.4 Å². The fourth-order valence-electron chi connectivity index (χ4n) is 3.89. The molecule has 0 aromatic heterocycles. The third-order valence-corrected chi connectivity index (χ3v) is 5.40. The molecular formula is C23H29N3O3. The summed E-state index contributed by atoms with van der Waals surface area (Å²) in [7, 11) is 0. The minimum atomic E-state index is -0.0393. The van der Waals surface area contributed by atoms with Crippen molar-refractivity contribution in [2.75, 3.05) is 56.2 Å². The van der Waals surface area contributed by atoms with Crippen LogP contribution in [0.1, 0.15) is 18.9 Å². The average Bonchev–Trinajstić information content (AvgIpc) is 2.75. The van der Waals surface area contributed by atoms with E-state index in [1.807, 2.05) is 30.3 Å². The van der Waals surface area contributed by atoms with E-state index in [1.54, 1.807) is 0 Å². The van der Waals surface area contributed by atoms with E-state index in [-0.39, 0.29) is 5.91 Å². The minimum absolute atomic E-state index is 0.0393. The SMILES string of the molecule is CCCN1CCN(c2ccc(NC(=O)Cc3ccc4c(c3)OCCO4)cc2)CC1. The third kappa shape index (κ3) is 5.01. The molecule has 0 radical (unpaired) electrons. The Hall–Kier alpha value is -2.73. The van der Waals surface area contributed by atoms with Gasteiger partial charge in [-0.05, 0) is 54.9 Å². The Morgan fingerprint density at radius 1 is 0.966 bits per heavy atom. The molecule has 2 aliphatic rings. The van der Waals surface area contributed by atoms with Crippen LogP contribution in [0.25, 0.3) is 0 Å². The molecule has 0 aliphatic carbocycles. The number of amides is 1. The largest absolute Gasteiger partial charge is 0.486 e. The highest BCUT2D eigenvalue weighted by molar-refractivity contribution is 5.92. The molecule has 1 saturated heterocycles. The highest BCUT2D eigenvalue weighted by atomic mass is 16.6. The van der Waals surface area contributed by atoms with Gasteiger partial charge in [-0.1, -0.05) is 13.0 Å². The third-order valence-electron chi connectivity index (χ3n) is 5.40. The lowest BCUT2D eigenvalue weighted by atomic mass is 10.1. The van der Waals surface area contributed by atoms with Crippen molar-refractivity contribution in [1.82, 2.24) is 4.90 Å². The first-order valence-corrected chi connectivity index (χ1v) is 10.5. The molecule has 0 spiro atoms. The standard InChI is InChI=1S/C23H29N3O3/c1-2-9-25-10-12-26(13-11-25)20-6-4-19(5-7-20)24-23(27)17-18-3-8-21-22(16-18)29-15-14-28-21/h3-8,16H,2,9-15,17H2,1H3,(H,24,27). The van der Waals surface area contributed by atoms with Gasteiger partial charge in [0.1, 0.15) is 13.2 Å². The number of benzene rings is 2. The number of nitrogens with one attached hydrogen (secondary N) is 1. The number of fused-ring (bicyclic) bond motifs is 1. The summed E-state index contributed by atoms with van der Waals surface area (Å²) in [6, 6.07) is 13.8. The van der Waals surface area contributed by atoms with Crippen LogP contribution in [0.3, 0.4) is 0 Å². The van der Waals surface area contributed by atoms with Gasteiger partial charge >= 0.3 is 0 Å². The van der Waals surface area contributed by atoms with Gasteiger partial charge in [0.25, 0.3) is 0 Å². The highest BCUT2D eigenvalue weighted by Crippen LogP contribution is 2.31. The van der Waals surface area contributed by atoms with Gasteiger partial charge in [0.15, 0.2) is 11.5 Å². The van der Waals surface area contributed by atoms with Crippen molar-refractivity contribution in [3.8, 4) is 11.5 Å². The van der Waals surface area contributed by atoms with Gasteiger partial charge in [0.2, 0.25) is 5.91 Å². The second-order valence-corrected chi connectivity index (χ2v) is 7.58. The number of ether oxygens (including phenoxy) is 2. The summed E-state index contributed by atoms with van der Waals surface area (Å²) in [4.78, 5) is 17.4. The van der Waals surface area contributed by atoms with Crippen LogP contribution < -0.4 is 19.7 Å². The molecule has 29 heavy (non-hydrogen) atoms. The average molecular weight is 396 g/mol.